The number of amides is 1. The van der Waals surface area contributed by atoms with Gasteiger partial charge in [0.05, 0.1) is 16.1 Å². The van der Waals surface area contributed by atoms with Gasteiger partial charge in [-0.3, -0.25) is 9.48 Å². The largest absolute Gasteiger partial charge is 0.336 e. The number of nitrogens with zero attached hydrogens (tertiary/aromatic N) is 3. The van der Waals surface area contributed by atoms with Gasteiger partial charge in [-0.1, -0.05) is 29.8 Å². The third-order valence-electron chi connectivity index (χ3n) is 4.42. The molecule has 2 aromatic rings. The van der Waals surface area contributed by atoms with E-state index in [4.69, 9.17) is 16.7 Å². The molecule has 1 amide bonds. The monoisotopic (exact) mass is 396 g/mol. The molecule has 0 bridgehead atoms. The zero-order valence-electron chi connectivity index (χ0n) is 15.6. The first-order valence-corrected chi connectivity index (χ1v) is 9.03. The minimum atomic E-state index is -0.217. The van der Waals surface area contributed by atoms with Crippen LogP contribution in [0, 0.1) is 0 Å². The minimum Gasteiger partial charge on any atom is -0.336 e. The van der Waals surface area contributed by atoms with Crippen LogP contribution in [0.25, 0.3) is 11.3 Å². The molecule has 1 atom stereocenters. The second-order valence-electron chi connectivity index (χ2n) is 7.59. The number of carbonyl (C=O) groups excluding carboxylic acids is 1. The van der Waals surface area contributed by atoms with Crippen molar-refractivity contribution in [3.63, 3.8) is 0 Å². The lowest BCUT2D eigenvalue weighted by molar-refractivity contribution is 0.0709. The van der Waals surface area contributed by atoms with E-state index in [0.29, 0.717) is 35.4 Å². The Labute approximate surface area is 166 Å². The topological polar surface area (TPSA) is 50.2 Å². The molecule has 26 heavy (non-hydrogen) atoms. The Kier molecular flexibility index (Phi) is 6.37. The molecule has 5 nitrogen and oxygen atoms in total. The Morgan fingerprint density at radius 2 is 2.00 bits per heavy atom. The van der Waals surface area contributed by atoms with E-state index < -0.39 is 0 Å². The van der Waals surface area contributed by atoms with Crippen LogP contribution in [0.15, 0.2) is 30.5 Å². The second kappa shape index (κ2) is 7.99. The molecule has 1 saturated heterocycles. The molecule has 0 spiro atoms. The van der Waals surface area contributed by atoms with E-state index in [1.165, 1.54) is 0 Å². The lowest BCUT2D eigenvalue weighted by Gasteiger charge is -2.31. The van der Waals surface area contributed by atoms with Gasteiger partial charge in [0.15, 0.2) is 0 Å². The molecule has 0 saturated carbocycles. The zero-order chi connectivity index (χ0) is 18.2. The highest BCUT2D eigenvalue weighted by Gasteiger charge is 2.28. The van der Waals surface area contributed by atoms with Gasteiger partial charge in [-0.05, 0) is 33.8 Å². The number of hydrogen-bond acceptors (Lipinski definition) is 3. The number of hydrogen-bond donors (Lipinski definition) is 1. The van der Waals surface area contributed by atoms with Crippen LogP contribution in [0.1, 0.15) is 38.1 Å². The van der Waals surface area contributed by atoms with E-state index in [1.54, 1.807) is 0 Å². The number of halogens is 2. The number of carbonyl (C=O) groups is 1. The molecule has 1 aromatic heterocycles. The molecular formula is C19H26Cl2N4O. The molecule has 1 aliphatic heterocycles. The van der Waals surface area contributed by atoms with Crippen molar-refractivity contribution in [2.75, 3.05) is 19.6 Å². The summed E-state index contributed by atoms with van der Waals surface area (Å²) in [5, 5.41) is 8.69. The fourth-order valence-corrected chi connectivity index (χ4v) is 3.24. The predicted molar refractivity (Wildman–Crippen MR) is 108 cm³/mol. The van der Waals surface area contributed by atoms with E-state index >= 15 is 0 Å². The van der Waals surface area contributed by atoms with Gasteiger partial charge in [0.1, 0.15) is 5.69 Å². The fourth-order valence-electron chi connectivity index (χ4n) is 3.01. The first-order chi connectivity index (χ1) is 11.8. The average molecular weight is 397 g/mol. The third-order valence-corrected chi connectivity index (χ3v) is 4.75. The van der Waals surface area contributed by atoms with E-state index in [1.807, 2.05) is 40.0 Å². The summed E-state index contributed by atoms with van der Waals surface area (Å²) in [5.74, 6) is 0.0127. The Hall–Kier alpha value is -1.56. The molecule has 0 radical (unpaired) electrons. The summed E-state index contributed by atoms with van der Waals surface area (Å²) in [4.78, 5) is 15.1. The van der Waals surface area contributed by atoms with Gasteiger partial charge < -0.3 is 10.2 Å². The van der Waals surface area contributed by atoms with Crippen molar-refractivity contribution < 1.29 is 4.79 Å². The van der Waals surface area contributed by atoms with E-state index in [9.17, 15) is 4.79 Å². The number of benzene rings is 1. The van der Waals surface area contributed by atoms with Gasteiger partial charge in [-0.25, -0.2) is 0 Å². The van der Waals surface area contributed by atoms with Gasteiger partial charge in [0.2, 0.25) is 0 Å². The van der Waals surface area contributed by atoms with Crippen LogP contribution in [0.2, 0.25) is 5.02 Å². The molecule has 142 valence electrons. The molecule has 0 aliphatic carbocycles. The summed E-state index contributed by atoms with van der Waals surface area (Å²) in [7, 11) is 0. The first-order valence-electron chi connectivity index (χ1n) is 8.65. The van der Waals surface area contributed by atoms with Gasteiger partial charge in [-0.2, -0.15) is 5.10 Å². The highest BCUT2D eigenvalue weighted by atomic mass is 35.5. The summed E-state index contributed by atoms with van der Waals surface area (Å²) in [6.45, 7) is 10.5. The zero-order valence-corrected chi connectivity index (χ0v) is 17.2. The highest BCUT2D eigenvalue weighted by Crippen LogP contribution is 2.31. The Morgan fingerprint density at radius 3 is 2.62 bits per heavy atom. The van der Waals surface area contributed by atoms with E-state index in [0.717, 1.165) is 12.1 Å². The normalized spacial score (nSPS) is 17.7. The van der Waals surface area contributed by atoms with Crippen molar-refractivity contribution in [2.24, 2.45) is 0 Å². The summed E-state index contributed by atoms with van der Waals surface area (Å²) < 4.78 is 1.85. The summed E-state index contributed by atoms with van der Waals surface area (Å²) in [6, 6.07) is 7.83. The van der Waals surface area contributed by atoms with Crippen molar-refractivity contribution >= 4 is 29.9 Å². The summed E-state index contributed by atoms with van der Waals surface area (Å²) in [5.41, 5.74) is 1.83. The van der Waals surface area contributed by atoms with E-state index in [-0.39, 0.29) is 23.9 Å². The lowest BCUT2D eigenvalue weighted by atomic mass is 10.1. The van der Waals surface area contributed by atoms with Crippen molar-refractivity contribution in [3.8, 4) is 11.3 Å². The fraction of sp³-hybridized carbons (Fsp3) is 0.474. The Morgan fingerprint density at radius 1 is 1.31 bits per heavy atom. The maximum Gasteiger partial charge on any atom is 0.257 e. The molecule has 3 rings (SSSR count). The Bertz CT molecular complexity index is 782. The smallest absolute Gasteiger partial charge is 0.257 e. The lowest BCUT2D eigenvalue weighted by Crippen LogP contribution is -2.51. The number of rotatable bonds is 2. The molecule has 1 aliphatic rings. The molecule has 1 fully saturated rings. The predicted octanol–water partition coefficient (Wildman–Crippen LogP) is 3.81. The van der Waals surface area contributed by atoms with Crippen molar-refractivity contribution in [1.82, 2.24) is 20.0 Å². The second-order valence-corrected chi connectivity index (χ2v) is 8.00. The SMILES string of the molecule is CC1CN(C(=O)c2cn(C(C)(C)C)nc2-c2ccccc2Cl)CCN1.Cl. The van der Waals surface area contributed by atoms with Crippen molar-refractivity contribution in [3.05, 3.63) is 41.0 Å². The molecule has 1 aromatic carbocycles. The van der Waals surface area contributed by atoms with Crippen LogP contribution in [-0.4, -0.2) is 46.3 Å². The minimum absolute atomic E-state index is 0. The molecule has 2 heterocycles. The molecular weight excluding hydrogens is 371 g/mol. The van der Waals surface area contributed by atoms with Crippen LogP contribution >= 0.6 is 24.0 Å². The van der Waals surface area contributed by atoms with Gasteiger partial charge in [0, 0.05) is 37.4 Å². The van der Waals surface area contributed by atoms with E-state index in [2.05, 4.69) is 33.0 Å². The van der Waals surface area contributed by atoms with Crippen LogP contribution in [0.3, 0.4) is 0 Å². The number of nitrogens with one attached hydrogen (secondary N) is 1. The molecule has 1 unspecified atom stereocenters. The highest BCUT2D eigenvalue weighted by molar-refractivity contribution is 6.33. The summed E-state index contributed by atoms with van der Waals surface area (Å²) in [6.07, 6.45) is 1.85. The van der Waals surface area contributed by atoms with Crippen molar-refractivity contribution in [1.29, 1.82) is 0 Å². The maximum absolute atomic E-state index is 13.2. The first kappa shape index (κ1) is 20.7. The quantitative estimate of drug-likeness (QED) is 0.839. The average Bonchev–Trinajstić information content (AvgIpc) is 3.00. The van der Waals surface area contributed by atoms with Crippen LogP contribution in [-0.2, 0) is 5.54 Å². The van der Waals surface area contributed by atoms with Crippen LogP contribution in [0.5, 0.6) is 0 Å². The van der Waals surface area contributed by atoms with Gasteiger partial charge in [0.25, 0.3) is 5.91 Å². The summed E-state index contributed by atoms with van der Waals surface area (Å²) >= 11 is 6.38. The van der Waals surface area contributed by atoms with Crippen molar-refractivity contribution in [2.45, 2.75) is 39.3 Å². The van der Waals surface area contributed by atoms with Gasteiger partial charge >= 0.3 is 0 Å². The molecule has 1 N–H and O–H groups in total. The maximum atomic E-state index is 13.2. The number of aromatic nitrogens is 2. The Balaban J connectivity index is 0.00000243. The number of piperazine rings is 1. The standard InChI is InChI=1S/C19H25ClN4O.ClH/c1-13-11-23(10-9-21-13)18(25)15-12-24(19(2,3)4)22-17(15)14-7-5-6-8-16(14)20;/h5-8,12-13,21H,9-11H2,1-4H3;1H. The third kappa shape index (κ3) is 4.22. The van der Waals surface area contributed by atoms with Crippen LogP contribution in [0.4, 0.5) is 0 Å². The van der Waals surface area contributed by atoms with Crippen LogP contribution < -0.4 is 5.32 Å². The molecule has 7 heteroatoms. The van der Waals surface area contributed by atoms with Gasteiger partial charge in [-0.15, -0.1) is 12.4 Å².